The predicted octanol–water partition coefficient (Wildman–Crippen LogP) is 7.53. The minimum atomic E-state index is -0.0309. The van der Waals surface area contributed by atoms with Gasteiger partial charge in [-0.1, -0.05) is 65.0 Å². The van der Waals surface area contributed by atoms with E-state index in [1.807, 2.05) is 11.1 Å². The molecule has 4 aliphatic carbocycles. The van der Waals surface area contributed by atoms with Crippen LogP contribution in [0.2, 0.25) is 0 Å². The smallest absolute Gasteiger partial charge is 0.0543 e. The maximum atomic E-state index is 10.2. The van der Waals surface area contributed by atoms with Gasteiger partial charge in [-0.05, 0) is 98.2 Å². The van der Waals surface area contributed by atoms with E-state index in [2.05, 4.69) is 34.6 Å². The van der Waals surface area contributed by atoms with Gasteiger partial charge in [0, 0.05) is 0 Å². The van der Waals surface area contributed by atoms with Gasteiger partial charge in [-0.3, -0.25) is 0 Å². The Kier molecular flexibility index (Phi) is 5.80. The highest BCUT2D eigenvalue weighted by atomic mass is 16.3. The fraction of sp³-hybridized carbons (Fsp3) is 0.926. The maximum absolute atomic E-state index is 10.2. The van der Waals surface area contributed by atoms with Crippen molar-refractivity contribution in [1.82, 2.24) is 0 Å². The van der Waals surface area contributed by atoms with Crippen LogP contribution in [-0.2, 0) is 0 Å². The molecule has 0 radical (unpaired) electrons. The summed E-state index contributed by atoms with van der Waals surface area (Å²) in [4.78, 5) is 0. The van der Waals surface area contributed by atoms with Gasteiger partial charge in [0.2, 0.25) is 0 Å². The van der Waals surface area contributed by atoms with Crippen LogP contribution >= 0.6 is 0 Å². The van der Waals surface area contributed by atoms with E-state index in [0.717, 1.165) is 42.4 Å². The average Bonchev–Trinajstić information content (AvgIpc) is 2.99. The molecule has 2 fully saturated rings. The molecular formula is C27H46O. The second-order valence-corrected chi connectivity index (χ2v) is 12.1. The highest BCUT2D eigenvalue weighted by molar-refractivity contribution is 5.34. The van der Waals surface area contributed by atoms with Gasteiger partial charge in [-0.15, -0.1) is 0 Å². The van der Waals surface area contributed by atoms with Crippen molar-refractivity contribution >= 4 is 0 Å². The second-order valence-electron chi connectivity index (χ2n) is 12.1. The number of fused-ring (bicyclic) bond motifs is 4. The molecule has 0 bridgehead atoms. The molecule has 0 saturated heterocycles. The van der Waals surface area contributed by atoms with Crippen LogP contribution in [0.1, 0.15) is 112 Å². The summed E-state index contributed by atoms with van der Waals surface area (Å²) in [6, 6.07) is 0. The Morgan fingerprint density at radius 1 is 0.964 bits per heavy atom. The molecular weight excluding hydrogens is 340 g/mol. The SMILES string of the molecule is CC(C)CCC[C@@H](C)[C@H]1CC[C@H]2C3=C(CC[C@]12C)[C@@]1(C)CC[C@@H](O)C[C@@H]1CC3. The van der Waals surface area contributed by atoms with Gasteiger partial charge >= 0.3 is 0 Å². The lowest BCUT2D eigenvalue weighted by molar-refractivity contribution is 0.0132. The molecule has 0 aliphatic heterocycles. The topological polar surface area (TPSA) is 20.2 Å². The van der Waals surface area contributed by atoms with Crippen molar-refractivity contribution in [1.29, 1.82) is 0 Å². The maximum Gasteiger partial charge on any atom is 0.0543 e. The van der Waals surface area contributed by atoms with E-state index in [0.29, 0.717) is 10.8 Å². The summed E-state index contributed by atoms with van der Waals surface area (Å²) < 4.78 is 0. The third-order valence-electron chi connectivity index (χ3n) is 10.2. The van der Waals surface area contributed by atoms with E-state index < -0.39 is 0 Å². The van der Waals surface area contributed by atoms with Crippen molar-refractivity contribution in [2.75, 3.05) is 0 Å². The molecule has 0 aromatic carbocycles. The van der Waals surface area contributed by atoms with Gasteiger partial charge in [0.05, 0.1) is 6.10 Å². The highest BCUT2D eigenvalue weighted by Crippen LogP contribution is 2.66. The number of hydrogen-bond donors (Lipinski definition) is 1. The molecule has 2 saturated carbocycles. The zero-order chi connectivity index (χ0) is 20.1. The Morgan fingerprint density at radius 3 is 2.50 bits per heavy atom. The first-order valence-electron chi connectivity index (χ1n) is 12.7. The molecule has 4 aliphatic rings. The molecule has 1 heteroatoms. The minimum Gasteiger partial charge on any atom is -0.393 e. The van der Waals surface area contributed by atoms with Crippen molar-refractivity contribution in [2.45, 2.75) is 118 Å². The largest absolute Gasteiger partial charge is 0.393 e. The number of allylic oxidation sites excluding steroid dienone is 2. The molecule has 160 valence electrons. The fourth-order valence-electron chi connectivity index (χ4n) is 8.46. The normalized spacial score (nSPS) is 44.2. The van der Waals surface area contributed by atoms with Crippen molar-refractivity contribution in [3.05, 3.63) is 11.1 Å². The summed E-state index contributed by atoms with van der Waals surface area (Å²) in [6.45, 7) is 12.6. The number of rotatable bonds is 5. The molecule has 0 heterocycles. The average molecular weight is 387 g/mol. The number of hydrogen-bond acceptors (Lipinski definition) is 1. The summed E-state index contributed by atoms with van der Waals surface area (Å²) in [5, 5.41) is 10.2. The highest BCUT2D eigenvalue weighted by Gasteiger charge is 2.55. The molecule has 4 rings (SSSR count). The van der Waals surface area contributed by atoms with Gasteiger partial charge in [-0.25, -0.2) is 0 Å². The Labute approximate surface area is 174 Å². The molecule has 0 spiro atoms. The van der Waals surface area contributed by atoms with Crippen molar-refractivity contribution in [3.8, 4) is 0 Å². The lowest BCUT2D eigenvalue weighted by Crippen LogP contribution is -2.45. The zero-order valence-corrected chi connectivity index (χ0v) is 19.4. The van der Waals surface area contributed by atoms with Gasteiger partial charge < -0.3 is 5.11 Å². The zero-order valence-electron chi connectivity index (χ0n) is 19.4. The van der Waals surface area contributed by atoms with Gasteiger partial charge in [0.1, 0.15) is 0 Å². The van der Waals surface area contributed by atoms with E-state index in [4.69, 9.17) is 0 Å². The number of aliphatic hydroxyl groups excluding tert-OH is 1. The standard InChI is InChI=1S/C27H46O/c1-18(2)7-6-8-19(3)23-11-12-24-22-10-9-20-17-21(28)13-15-26(20,4)25(22)14-16-27(23,24)5/h18-21,23-24,28H,6-17H2,1-5H3/t19-,20+,21-,23-,24+,26+,27-/m1/s1. The van der Waals surface area contributed by atoms with Crippen molar-refractivity contribution in [3.63, 3.8) is 0 Å². The van der Waals surface area contributed by atoms with Crippen LogP contribution in [0.15, 0.2) is 11.1 Å². The Morgan fingerprint density at radius 2 is 1.75 bits per heavy atom. The molecule has 1 nitrogen and oxygen atoms in total. The summed E-state index contributed by atoms with van der Waals surface area (Å²) >= 11 is 0. The quantitative estimate of drug-likeness (QED) is 0.484. The Bertz CT molecular complexity index is 603. The van der Waals surface area contributed by atoms with E-state index in [1.54, 1.807) is 0 Å². The Hall–Kier alpha value is -0.300. The first-order valence-corrected chi connectivity index (χ1v) is 12.7. The van der Waals surface area contributed by atoms with E-state index in [-0.39, 0.29) is 6.10 Å². The fourth-order valence-corrected chi connectivity index (χ4v) is 8.46. The summed E-state index contributed by atoms with van der Waals surface area (Å²) in [7, 11) is 0. The monoisotopic (exact) mass is 386 g/mol. The van der Waals surface area contributed by atoms with E-state index in [9.17, 15) is 5.11 Å². The molecule has 28 heavy (non-hydrogen) atoms. The van der Waals surface area contributed by atoms with E-state index >= 15 is 0 Å². The second kappa shape index (κ2) is 7.75. The van der Waals surface area contributed by atoms with E-state index in [1.165, 1.54) is 64.2 Å². The first kappa shape index (κ1) is 21.0. The molecule has 0 aromatic rings. The minimum absolute atomic E-state index is 0.0309. The molecule has 0 unspecified atom stereocenters. The predicted molar refractivity (Wildman–Crippen MR) is 119 cm³/mol. The lowest BCUT2D eigenvalue weighted by atomic mass is 9.50. The summed E-state index contributed by atoms with van der Waals surface area (Å²) in [5.74, 6) is 4.31. The van der Waals surface area contributed by atoms with Crippen LogP contribution in [0.3, 0.4) is 0 Å². The van der Waals surface area contributed by atoms with Crippen LogP contribution in [0.5, 0.6) is 0 Å². The van der Waals surface area contributed by atoms with Crippen LogP contribution in [-0.4, -0.2) is 11.2 Å². The molecule has 0 aromatic heterocycles. The van der Waals surface area contributed by atoms with Gasteiger partial charge in [-0.2, -0.15) is 0 Å². The molecule has 1 N–H and O–H groups in total. The van der Waals surface area contributed by atoms with Crippen molar-refractivity contribution < 1.29 is 5.11 Å². The van der Waals surface area contributed by atoms with Gasteiger partial charge in [0.15, 0.2) is 0 Å². The van der Waals surface area contributed by atoms with Crippen molar-refractivity contribution in [2.24, 2.45) is 40.4 Å². The molecule has 7 atom stereocenters. The number of aliphatic hydroxyl groups is 1. The van der Waals surface area contributed by atoms with Crippen LogP contribution in [0, 0.1) is 40.4 Å². The Balaban J connectivity index is 1.52. The third kappa shape index (κ3) is 3.42. The lowest BCUT2D eigenvalue weighted by Gasteiger charge is -2.55. The third-order valence-corrected chi connectivity index (χ3v) is 10.2. The van der Waals surface area contributed by atoms with Gasteiger partial charge in [0.25, 0.3) is 0 Å². The summed E-state index contributed by atoms with van der Waals surface area (Å²) in [6.07, 6.45) is 16.0. The van der Waals surface area contributed by atoms with Crippen LogP contribution in [0.4, 0.5) is 0 Å². The summed E-state index contributed by atoms with van der Waals surface area (Å²) in [5.41, 5.74) is 4.77. The van der Waals surface area contributed by atoms with Crippen LogP contribution in [0.25, 0.3) is 0 Å². The molecule has 0 amide bonds. The first-order chi connectivity index (χ1) is 13.3. The van der Waals surface area contributed by atoms with Crippen LogP contribution < -0.4 is 0 Å².